The lowest BCUT2D eigenvalue weighted by Gasteiger charge is -2.57. The van der Waals surface area contributed by atoms with Gasteiger partial charge in [0.1, 0.15) is 5.82 Å². The fourth-order valence-corrected chi connectivity index (χ4v) is 6.83. The summed E-state index contributed by atoms with van der Waals surface area (Å²) >= 11 is 0. The molecule has 4 saturated carbocycles. The van der Waals surface area contributed by atoms with E-state index in [1.807, 2.05) is 17.0 Å². The van der Waals surface area contributed by atoms with E-state index in [9.17, 15) is 4.79 Å². The molecule has 2 aromatic rings. The van der Waals surface area contributed by atoms with Crippen LogP contribution in [0, 0.1) is 24.7 Å². The molecule has 5 fully saturated rings. The monoisotopic (exact) mass is 422 g/mol. The summed E-state index contributed by atoms with van der Waals surface area (Å²) < 4.78 is 5.04. The number of amides is 2. The molecule has 0 spiro atoms. The van der Waals surface area contributed by atoms with Crippen LogP contribution in [0.25, 0.3) is 11.4 Å². The van der Waals surface area contributed by atoms with E-state index in [1.54, 1.807) is 13.1 Å². The Morgan fingerprint density at radius 1 is 1.06 bits per heavy atom. The van der Waals surface area contributed by atoms with Crippen LogP contribution in [-0.4, -0.2) is 57.8 Å². The summed E-state index contributed by atoms with van der Waals surface area (Å²) in [5.41, 5.74) is 0.919. The summed E-state index contributed by atoms with van der Waals surface area (Å²) in [6.45, 7) is 4.82. The number of nitrogens with one attached hydrogen (secondary N) is 1. The van der Waals surface area contributed by atoms with Crippen LogP contribution >= 0.6 is 0 Å². The molecule has 4 bridgehead atoms. The second kappa shape index (κ2) is 7.21. The quantitative estimate of drug-likeness (QED) is 0.817. The third-order valence-corrected chi connectivity index (χ3v) is 7.83. The standard InChI is InChI=1S/C23H30N6O2/c1-15-25-21(27-31-15)19-2-3-20(24-14-19)28-4-6-29(7-5-28)22(30)26-23-11-16-8-17(12-23)10-18(9-16)13-23/h2-3,14,16-18H,4-13H2,1H3,(H,26,30). The van der Waals surface area contributed by atoms with Crippen LogP contribution in [0.4, 0.5) is 10.6 Å². The number of pyridine rings is 1. The summed E-state index contributed by atoms with van der Waals surface area (Å²) in [6.07, 6.45) is 9.55. The molecule has 0 radical (unpaired) electrons. The molecule has 164 valence electrons. The number of carbonyl (C=O) groups is 1. The van der Waals surface area contributed by atoms with Gasteiger partial charge in [0.25, 0.3) is 0 Å². The summed E-state index contributed by atoms with van der Waals surface area (Å²) in [5, 5.41) is 7.45. The first-order valence-corrected chi connectivity index (χ1v) is 11.6. The first-order chi connectivity index (χ1) is 15.1. The van der Waals surface area contributed by atoms with Gasteiger partial charge in [0, 0.05) is 50.4 Å². The van der Waals surface area contributed by atoms with Gasteiger partial charge in [-0.25, -0.2) is 9.78 Å². The van der Waals surface area contributed by atoms with E-state index in [0.717, 1.165) is 55.3 Å². The molecule has 8 nitrogen and oxygen atoms in total. The number of aromatic nitrogens is 3. The van der Waals surface area contributed by atoms with Gasteiger partial charge >= 0.3 is 6.03 Å². The van der Waals surface area contributed by atoms with Gasteiger partial charge in [0.2, 0.25) is 11.7 Å². The number of urea groups is 1. The molecule has 31 heavy (non-hydrogen) atoms. The molecule has 2 amide bonds. The van der Waals surface area contributed by atoms with E-state index in [4.69, 9.17) is 4.52 Å². The minimum absolute atomic E-state index is 0.0772. The van der Waals surface area contributed by atoms with Gasteiger partial charge in [-0.3, -0.25) is 0 Å². The highest BCUT2D eigenvalue weighted by Crippen LogP contribution is 2.55. The molecule has 3 heterocycles. The van der Waals surface area contributed by atoms with E-state index in [1.165, 1.54) is 38.5 Å². The predicted octanol–water partition coefficient (Wildman–Crippen LogP) is 3.24. The molecule has 0 unspecified atom stereocenters. The van der Waals surface area contributed by atoms with Crippen molar-refractivity contribution in [2.75, 3.05) is 31.1 Å². The molecule has 7 rings (SSSR count). The number of hydrogen-bond donors (Lipinski definition) is 1. The summed E-state index contributed by atoms with van der Waals surface area (Å²) in [5.74, 6) is 4.55. The molecule has 1 aliphatic heterocycles. The van der Waals surface area contributed by atoms with E-state index in [0.29, 0.717) is 11.7 Å². The van der Waals surface area contributed by atoms with Crippen LogP contribution < -0.4 is 10.2 Å². The zero-order chi connectivity index (χ0) is 21.0. The molecule has 2 aromatic heterocycles. The Morgan fingerprint density at radius 3 is 2.29 bits per heavy atom. The molecule has 8 heteroatoms. The normalized spacial score (nSPS) is 31.8. The number of aryl methyl sites for hydroxylation is 1. The molecule has 1 N–H and O–H groups in total. The summed E-state index contributed by atoms with van der Waals surface area (Å²) in [7, 11) is 0. The maximum atomic E-state index is 13.1. The Hall–Kier alpha value is -2.64. The first-order valence-electron chi connectivity index (χ1n) is 11.6. The average molecular weight is 423 g/mol. The Kier molecular flexibility index (Phi) is 4.43. The van der Waals surface area contributed by atoms with Gasteiger partial charge in [0.15, 0.2) is 0 Å². The van der Waals surface area contributed by atoms with Crippen molar-refractivity contribution in [2.24, 2.45) is 17.8 Å². The minimum Gasteiger partial charge on any atom is -0.353 e. The number of carbonyl (C=O) groups excluding carboxylic acids is 1. The van der Waals surface area contributed by atoms with E-state index >= 15 is 0 Å². The van der Waals surface area contributed by atoms with Crippen molar-refractivity contribution in [1.29, 1.82) is 0 Å². The highest BCUT2D eigenvalue weighted by atomic mass is 16.5. The zero-order valence-electron chi connectivity index (χ0n) is 18.1. The first kappa shape index (κ1) is 19.1. The van der Waals surface area contributed by atoms with Gasteiger partial charge in [0.05, 0.1) is 0 Å². The number of piperazine rings is 1. The van der Waals surface area contributed by atoms with E-state index in [2.05, 4.69) is 25.3 Å². The highest BCUT2D eigenvalue weighted by molar-refractivity contribution is 5.75. The third kappa shape index (κ3) is 3.55. The smallest absolute Gasteiger partial charge is 0.317 e. The van der Waals surface area contributed by atoms with Crippen molar-refractivity contribution < 1.29 is 9.32 Å². The van der Waals surface area contributed by atoms with Crippen molar-refractivity contribution >= 4 is 11.8 Å². The van der Waals surface area contributed by atoms with Crippen LogP contribution in [0.1, 0.15) is 44.4 Å². The minimum atomic E-state index is 0.0772. The SMILES string of the molecule is Cc1nc(-c2ccc(N3CCN(C(=O)NC45CC6CC(CC(C6)C4)C5)CC3)nc2)no1. The number of nitrogens with zero attached hydrogens (tertiary/aromatic N) is 5. The van der Waals surface area contributed by atoms with Crippen molar-refractivity contribution in [3.63, 3.8) is 0 Å². The molecule has 4 aliphatic carbocycles. The molecule has 0 aromatic carbocycles. The van der Waals surface area contributed by atoms with Crippen molar-refractivity contribution in [2.45, 2.75) is 51.0 Å². The lowest BCUT2D eigenvalue weighted by Crippen LogP contribution is -2.63. The highest BCUT2D eigenvalue weighted by Gasteiger charge is 2.51. The van der Waals surface area contributed by atoms with Gasteiger partial charge in [-0.15, -0.1) is 0 Å². The second-order valence-corrected chi connectivity index (χ2v) is 10.1. The summed E-state index contributed by atoms with van der Waals surface area (Å²) in [6, 6.07) is 4.10. The summed E-state index contributed by atoms with van der Waals surface area (Å²) in [4.78, 5) is 26.2. The fourth-order valence-electron chi connectivity index (χ4n) is 6.83. The van der Waals surface area contributed by atoms with Crippen molar-refractivity contribution in [3.05, 3.63) is 24.2 Å². The largest absolute Gasteiger partial charge is 0.353 e. The number of rotatable bonds is 3. The lowest BCUT2D eigenvalue weighted by atomic mass is 9.53. The molecule has 5 aliphatic rings. The Labute approximate surface area is 182 Å². The van der Waals surface area contributed by atoms with Crippen molar-refractivity contribution in [3.8, 4) is 11.4 Å². The molecular formula is C23H30N6O2. The number of anilines is 1. The number of hydrogen-bond acceptors (Lipinski definition) is 6. The van der Waals surface area contributed by atoms with Crippen LogP contribution in [0.15, 0.2) is 22.9 Å². The van der Waals surface area contributed by atoms with Gasteiger partial charge in [-0.1, -0.05) is 5.16 Å². The second-order valence-electron chi connectivity index (χ2n) is 10.1. The van der Waals surface area contributed by atoms with Crippen LogP contribution in [-0.2, 0) is 0 Å². The lowest BCUT2D eigenvalue weighted by molar-refractivity contribution is -0.0157. The average Bonchev–Trinajstić information content (AvgIpc) is 3.19. The topological polar surface area (TPSA) is 87.4 Å². The van der Waals surface area contributed by atoms with Gasteiger partial charge in [-0.2, -0.15) is 4.98 Å². The molecular weight excluding hydrogens is 392 g/mol. The maximum absolute atomic E-state index is 13.1. The Bertz CT molecular complexity index is 927. The van der Waals surface area contributed by atoms with Crippen LogP contribution in [0.3, 0.4) is 0 Å². The van der Waals surface area contributed by atoms with E-state index in [-0.39, 0.29) is 11.6 Å². The van der Waals surface area contributed by atoms with Gasteiger partial charge < -0.3 is 19.6 Å². The zero-order valence-corrected chi connectivity index (χ0v) is 18.1. The fraction of sp³-hybridized carbons (Fsp3) is 0.652. The predicted molar refractivity (Wildman–Crippen MR) is 115 cm³/mol. The Balaban J connectivity index is 1.06. The van der Waals surface area contributed by atoms with E-state index < -0.39 is 0 Å². The maximum Gasteiger partial charge on any atom is 0.317 e. The van der Waals surface area contributed by atoms with Crippen LogP contribution in [0.5, 0.6) is 0 Å². The van der Waals surface area contributed by atoms with Gasteiger partial charge in [-0.05, 0) is 68.4 Å². The Morgan fingerprint density at radius 2 is 1.74 bits per heavy atom. The third-order valence-electron chi connectivity index (χ3n) is 7.83. The molecule has 1 saturated heterocycles. The molecule has 0 atom stereocenters. The van der Waals surface area contributed by atoms with Crippen LogP contribution in [0.2, 0.25) is 0 Å². The van der Waals surface area contributed by atoms with Crippen molar-refractivity contribution in [1.82, 2.24) is 25.3 Å².